The normalized spacial score (nSPS) is 12.8. The van der Waals surface area contributed by atoms with Gasteiger partial charge in [0.15, 0.2) is 5.82 Å². The third-order valence-corrected chi connectivity index (χ3v) is 4.44. The lowest BCUT2D eigenvalue weighted by Crippen LogP contribution is -2.27. The topological polar surface area (TPSA) is 68.8 Å². The Hall–Kier alpha value is -2.68. The summed E-state index contributed by atoms with van der Waals surface area (Å²) in [5.74, 6) is 0.0108. The molecule has 0 radical (unpaired) electrons. The van der Waals surface area contributed by atoms with Gasteiger partial charge in [0.05, 0.1) is 11.0 Å². The van der Waals surface area contributed by atoms with Crippen LogP contribution in [0, 0.1) is 5.92 Å². The minimum Gasteiger partial charge on any atom is -0.329 e. The van der Waals surface area contributed by atoms with Crippen LogP contribution in [-0.2, 0) is 19.1 Å². The molecule has 6 nitrogen and oxygen atoms in total. The van der Waals surface area contributed by atoms with Gasteiger partial charge >= 0.3 is 12.1 Å². The number of imidazole rings is 1. The molecule has 0 amide bonds. The van der Waals surface area contributed by atoms with Gasteiger partial charge in [-0.3, -0.25) is 0 Å². The van der Waals surface area contributed by atoms with Gasteiger partial charge in [-0.2, -0.15) is 18.2 Å². The molecule has 0 saturated heterocycles. The van der Waals surface area contributed by atoms with Crippen LogP contribution in [-0.4, -0.2) is 32.3 Å². The molecular weight excluding hydrogens is 395 g/mol. The smallest absolute Gasteiger partial charge is 0.329 e. The third kappa shape index (κ3) is 5.47. The number of hydrogen-bond acceptors (Lipinski definition) is 5. The fourth-order valence-corrected chi connectivity index (χ4v) is 3.12. The average Bonchev–Trinajstić information content (AvgIpc) is 3.24. The van der Waals surface area contributed by atoms with E-state index in [4.69, 9.17) is 4.98 Å². The van der Waals surface area contributed by atoms with Crippen molar-refractivity contribution in [1.82, 2.24) is 25.0 Å². The summed E-state index contributed by atoms with van der Waals surface area (Å²) >= 11 is 0. The van der Waals surface area contributed by atoms with Gasteiger partial charge in [0.2, 0.25) is 0 Å². The van der Waals surface area contributed by atoms with Crippen molar-refractivity contribution in [3.05, 3.63) is 41.3 Å². The lowest BCUT2D eigenvalue weighted by atomic mass is 10.1. The Kier molecular flexibility index (Phi) is 6.60. The molecule has 0 spiro atoms. The Labute approximate surface area is 173 Å². The van der Waals surface area contributed by atoms with Crippen molar-refractivity contribution < 1.29 is 17.7 Å². The van der Waals surface area contributed by atoms with Crippen LogP contribution in [0.25, 0.3) is 23.2 Å². The molecule has 9 heteroatoms. The lowest BCUT2D eigenvalue weighted by Gasteiger charge is -2.13. The van der Waals surface area contributed by atoms with Gasteiger partial charge in [-0.05, 0) is 29.7 Å². The fraction of sp³-hybridized carbons (Fsp3) is 0.476. The van der Waals surface area contributed by atoms with E-state index in [-0.39, 0.29) is 5.82 Å². The summed E-state index contributed by atoms with van der Waals surface area (Å²) in [7, 11) is 0. The average molecular weight is 421 g/mol. The quantitative estimate of drug-likeness (QED) is 0.566. The molecule has 0 atom stereocenters. The molecule has 0 unspecified atom stereocenters. The molecule has 0 saturated carbocycles. The van der Waals surface area contributed by atoms with Gasteiger partial charge in [0, 0.05) is 25.6 Å². The Morgan fingerprint density at radius 2 is 1.90 bits per heavy atom. The Morgan fingerprint density at radius 3 is 2.53 bits per heavy atom. The lowest BCUT2D eigenvalue weighted by molar-refractivity contribution is -0.159. The van der Waals surface area contributed by atoms with E-state index in [1.807, 2.05) is 18.2 Å². The first-order valence-corrected chi connectivity index (χ1v) is 9.95. The second-order valence-electron chi connectivity index (χ2n) is 7.92. The zero-order chi connectivity index (χ0) is 21.9. The highest BCUT2D eigenvalue weighted by Gasteiger charge is 2.38. The number of halogens is 3. The fourth-order valence-electron chi connectivity index (χ4n) is 3.12. The number of fused-ring (bicyclic) bond motifs is 1. The monoisotopic (exact) mass is 421 g/mol. The highest BCUT2D eigenvalue weighted by atomic mass is 19.4. The first kappa shape index (κ1) is 22.0. The number of hydrogen-bond donors (Lipinski definition) is 1. The van der Waals surface area contributed by atoms with Crippen molar-refractivity contribution in [1.29, 1.82) is 0 Å². The summed E-state index contributed by atoms with van der Waals surface area (Å²) in [6.07, 6.45) is -0.753. The van der Waals surface area contributed by atoms with Crippen molar-refractivity contribution >= 4 is 23.2 Å². The van der Waals surface area contributed by atoms with Gasteiger partial charge < -0.3 is 14.4 Å². The van der Waals surface area contributed by atoms with E-state index in [1.165, 1.54) is 6.08 Å². The Morgan fingerprint density at radius 1 is 1.13 bits per heavy atom. The first-order valence-electron chi connectivity index (χ1n) is 9.95. The molecule has 3 rings (SSSR count). The summed E-state index contributed by atoms with van der Waals surface area (Å²) in [4.78, 5) is 8.15. The maximum absolute atomic E-state index is 12.6. The molecule has 0 aliphatic rings. The van der Waals surface area contributed by atoms with Gasteiger partial charge in [-0.25, -0.2) is 4.98 Å². The minimum absolute atomic E-state index is 0.131. The predicted molar refractivity (Wildman–Crippen MR) is 110 cm³/mol. The standard InChI is InChI=1S/C21H26F3N5O/c1-13(2)11-19-26-16-12-15(5-7-17(16)29(19)10-9-25-14(3)4)6-8-18-27-20(30-28-18)21(22,23)24/h5-8,12-14,25H,9-11H2,1-4H3/b8-6+. The van der Waals surface area contributed by atoms with E-state index in [9.17, 15) is 13.2 Å². The van der Waals surface area contributed by atoms with Crippen LogP contribution in [0.5, 0.6) is 0 Å². The van der Waals surface area contributed by atoms with Gasteiger partial charge in [-0.15, -0.1) is 0 Å². The molecule has 162 valence electrons. The number of aromatic nitrogens is 4. The Bertz CT molecular complexity index is 1020. The van der Waals surface area contributed by atoms with E-state index in [1.54, 1.807) is 6.08 Å². The van der Waals surface area contributed by atoms with Crippen molar-refractivity contribution in [2.45, 2.75) is 52.9 Å². The second-order valence-corrected chi connectivity index (χ2v) is 7.92. The molecule has 0 aliphatic heterocycles. The van der Waals surface area contributed by atoms with Crippen molar-refractivity contribution in [3.63, 3.8) is 0 Å². The maximum atomic E-state index is 12.6. The van der Waals surface area contributed by atoms with Gasteiger partial charge in [-0.1, -0.05) is 45.0 Å². The number of benzene rings is 1. The van der Waals surface area contributed by atoms with Crippen LogP contribution in [0.1, 0.15) is 50.8 Å². The molecule has 2 heterocycles. The van der Waals surface area contributed by atoms with Crippen LogP contribution in [0.4, 0.5) is 13.2 Å². The highest BCUT2D eigenvalue weighted by Crippen LogP contribution is 2.27. The molecule has 1 N–H and O–H groups in total. The number of rotatable bonds is 8. The molecule has 2 aromatic heterocycles. The van der Waals surface area contributed by atoms with Crippen LogP contribution >= 0.6 is 0 Å². The zero-order valence-corrected chi connectivity index (χ0v) is 17.5. The van der Waals surface area contributed by atoms with Crippen LogP contribution in [0.2, 0.25) is 0 Å². The summed E-state index contributed by atoms with van der Waals surface area (Å²) in [6, 6.07) is 6.20. The third-order valence-electron chi connectivity index (χ3n) is 4.44. The molecular formula is C21H26F3N5O. The Balaban J connectivity index is 1.85. The molecule has 3 aromatic rings. The summed E-state index contributed by atoms with van der Waals surface area (Å²) in [6.45, 7) is 10.2. The minimum atomic E-state index is -4.65. The van der Waals surface area contributed by atoms with Crippen molar-refractivity contribution in [2.24, 2.45) is 5.92 Å². The van der Waals surface area contributed by atoms with Crippen LogP contribution < -0.4 is 5.32 Å². The SMILES string of the molecule is CC(C)Cc1nc2cc(/C=C/c3noc(C(F)(F)F)n3)ccc2n1CCNC(C)C. The van der Waals surface area contributed by atoms with E-state index in [0.29, 0.717) is 12.0 Å². The molecule has 0 aliphatic carbocycles. The number of alkyl halides is 3. The van der Waals surface area contributed by atoms with E-state index in [0.717, 1.165) is 41.9 Å². The molecule has 30 heavy (non-hydrogen) atoms. The van der Waals surface area contributed by atoms with E-state index in [2.05, 4.69) is 52.2 Å². The zero-order valence-electron chi connectivity index (χ0n) is 17.5. The molecule has 1 aromatic carbocycles. The highest BCUT2D eigenvalue weighted by molar-refractivity contribution is 5.81. The number of nitrogens with one attached hydrogen (secondary N) is 1. The van der Waals surface area contributed by atoms with E-state index < -0.39 is 12.1 Å². The summed E-state index contributed by atoms with van der Waals surface area (Å²) < 4.78 is 44.2. The second kappa shape index (κ2) is 8.99. The van der Waals surface area contributed by atoms with Gasteiger partial charge in [0.1, 0.15) is 5.82 Å². The number of nitrogens with zero attached hydrogens (tertiary/aromatic N) is 4. The maximum Gasteiger partial charge on any atom is 0.471 e. The van der Waals surface area contributed by atoms with Crippen LogP contribution in [0.15, 0.2) is 22.7 Å². The summed E-state index contributed by atoms with van der Waals surface area (Å²) in [5.41, 5.74) is 2.68. The van der Waals surface area contributed by atoms with E-state index >= 15 is 0 Å². The molecule has 0 bridgehead atoms. The van der Waals surface area contributed by atoms with Gasteiger partial charge in [0.25, 0.3) is 0 Å². The first-order chi connectivity index (χ1) is 14.1. The van der Waals surface area contributed by atoms with Crippen LogP contribution in [0.3, 0.4) is 0 Å². The summed E-state index contributed by atoms with van der Waals surface area (Å²) in [5, 5.41) is 6.77. The predicted octanol–water partition coefficient (Wildman–Crippen LogP) is 4.81. The molecule has 0 fully saturated rings. The van der Waals surface area contributed by atoms with Crippen molar-refractivity contribution in [3.8, 4) is 0 Å². The van der Waals surface area contributed by atoms with Crippen molar-refractivity contribution in [2.75, 3.05) is 6.54 Å². The largest absolute Gasteiger partial charge is 0.471 e.